The number of likely N-dealkylation sites (tertiary alicyclic amines) is 1. The van der Waals surface area contributed by atoms with Crippen molar-refractivity contribution in [1.82, 2.24) is 9.88 Å². The highest BCUT2D eigenvalue weighted by molar-refractivity contribution is 6.08. The van der Waals surface area contributed by atoms with Gasteiger partial charge in [-0.15, -0.1) is 0 Å². The van der Waals surface area contributed by atoms with Crippen molar-refractivity contribution < 1.29 is 14.4 Å². The van der Waals surface area contributed by atoms with E-state index in [-0.39, 0.29) is 36.1 Å². The first-order valence-corrected chi connectivity index (χ1v) is 9.61. The van der Waals surface area contributed by atoms with Gasteiger partial charge in [0.05, 0.1) is 17.5 Å². The molecule has 0 spiro atoms. The first kappa shape index (κ1) is 18.8. The van der Waals surface area contributed by atoms with Crippen molar-refractivity contribution in [3.05, 3.63) is 72.1 Å². The molecule has 2 unspecified atom stereocenters. The van der Waals surface area contributed by atoms with E-state index in [4.69, 9.17) is 0 Å². The van der Waals surface area contributed by atoms with Crippen LogP contribution in [-0.4, -0.2) is 34.2 Å². The molecule has 2 heterocycles. The van der Waals surface area contributed by atoms with Crippen molar-refractivity contribution in [3.8, 4) is 0 Å². The molecule has 1 fully saturated rings. The highest BCUT2D eigenvalue weighted by Gasteiger charge is 2.47. The van der Waals surface area contributed by atoms with E-state index in [2.05, 4.69) is 10.3 Å². The summed E-state index contributed by atoms with van der Waals surface area (Å²) in [6, 6.07) is 13.0. The quantitative estimate of drug-likeness (QED) is 0.631. The molecule has 2 aliphatic rings. The maximum Gasteiger partial charge on any atom is 0.244 e. The second kappa shape index (κ2) is 8.22. The molecular weight excluding hydrogens is 366 g/mol. The summed E-state index contributed by atoms with van der Waals surface area (Å²) in [6.45, 7) is -0.251. The summed E-state index contributed by atoms with van der Waals surface area (Å²) in [5.41, 5.74) is 2.35. The van der Waals surface area contributed by atoms with Crippen LogP contribution in [0.15, 0.2) is 60.8 Å². The Morgan fingerprint density at radius 3 is 2.48 bits per heavy atom. The molecule has 1 aliphatic heterocycles. The zero-order valence-electron chi connectivity index (χ0n) is 15.8. The predicted molar refractivity (Wildman–Crippen MR) is 110 cm³/mol. The van der Waals surface area contributed by atoms with Gasteiger partial charge in [0.1, 0.15) is 6.54 Å². The zero-order chi connectivity index (χ0) is 20.2. The van der Waals surface area contributed by atoms with Crippen LogP contribution in [-0.2, 0) is 14.4 Å². The molecule has 6 nitrogen and oxygen atoms in total. The highest BCUT2D eigenvalue weighted by atomic mass is 16.2. The zero-order valence-corrected chi connectivity index (χ0v) is 15.8. The summed E-state index contributed by atoms with van der Waals surface area (Å²) >= 11 is 0. The maximum absolute atomic E-state index is 12.5. The van der Waals surface area contributed by atoms with Gasteiger partial charge in [-0.3, -0.25) is 24.3 Å². The first-order valence-electron chi connectivity index (χ1n) is 9.61. The number of pyridine rings is 1. The minimum atomic E-state index is -0.385. The Hall–Kier alpha value is -3.54. The Balaban J connectivity index is 1.39. The number of anilines is 1. The van der Waals surface area contributed by atoms with Gasteiger partial charge in [-0.05, 0) is 48.7 Å². The number of aromatic nitrogens is 1. The minimum Gasteiger partial charge on any atom is -0.325 e. The molecule has 4 rings (SSSR count). The van der Waals surface area contributed by atoms with E-state index in [0.29, 0.717) is 18.5 Å². The fourth-order valence-electron chi connectivity index (χ4n) is 3.75. The third kappa shape index (κ3) is 4.16. The van der Waals surface area contributed by atoms with Crippen LogP contribution in [0.1, 0.15) is 24.1 Å². The van der Waals surface area contributed by atoms with E-state index in [1.165, 1.54) is 0 Å². The third-order valence-electron chi connectivity index (χ3n) is 5.21. The lowest BCUT2D eigenvalue weighted by Crippen LogP contribution is -2.38. The number of benzene rings is 1. The topological polar surface area (TPSA) is 79.4 Å². The number of fused-ring (bicyclic) bond motifs is 1. The van der Waals surface area contributed by atoms with E-state index in [9.17, 15) is 14.4 Å². The summed E-state index contributed by atoms with van der Waals surface area (Å²) in [7, 11) is 0. The fraction of sp³-hybridized carbons (Fsp3) is 0.217. The number of carbonyl (C=O) groups is 3. The largest absolute Gasteiger partial charge is 0.325 e. The maximum atomic E-state index is 12.5. The molecule has 1 N–H and O–H groups in total. The summed E-state index contributed by atoms with van der Waals surface area (Å²) in [5.74, 6) is -1.51. The van der Waals surface area contributed by atoms with E-state index >= 15 is 0 Å². The molecule has 1 saturated heterocycles. The molecule has 1 aromatic carbocycles. The van der Waals surface area contributed by atoms with Crippen molar-refractivity contribution in [2.45, 2.75) is 12.8 Å². The highest BCUT2D eigenvalue weighted by Crippen LogP contribution is 2.34. The molecule has 146 valence electrons. The second-order valence-corrected chi connectivity index (χ2v) is 7.18. The fourth-order valence-corrected chi connectivity index (χ4v) is 3.75. The average Bonchev–Trinajstić information content (AvgIpc) is 2.98. The smallest absolute Gasteiger partial charge is 0.244 e. The van der Waals surface area contributed by atoms with Gasteiger partial charge in [0.2, 0.25) is 17.7 Å². The second-order valence-electron chi connectivity index (χ2n) is 7.18. The van der Waals surface area contributed by atoms with Crippen molar-refractivity contribution in [2.75, 3.05) is 11.9 Å². The Morgan fingerprint density at radius 1 is 1.03 bits per heavy atom. The Morgan fingerprint density at radius 2 is 1.79 bits per heavy atom. The Bertz CT molecular complexity index is 971. The van der Waals surface area contributed by atoms with Gasteiger partial charge in [-0.1, -0.05) is 36.4 Å². The average molecular weight is 387 g/mol. The Kier molecular flexibility index (Phi) is 5.33. The number of rotatable bonds is 5. The van der Waals surface area contributed by atoms with Crippen molar-refractivity contribution in [3.63, 3.8) is 0 Å². The predicted octanol–water partition coefficient (Wildman–Crippen LogP) is 3.14. The van der Waals surface area contributed by atoms with E-state index in [1.54, 1.807) is 12.3 Å². The lowest BCUT2D eigenvalue weighted by atomic mass is 9.85. The van der Waals surface area contributed by atoms with Gasteiger partial charge in [0.25, 0.3) is 0 Å². The number of amides is 3. The van der Waals surface area contributed by atoms with Crippen molar-refractivity contribution in [1.29, 1.82) is 0 Å². The molecular formula is C23H21N3O3. The van der Waals surface area contributed by atoms with E-state index in [1.807, 2.05) is 60.7 Å². The van der Waals surface area contributed by atoms with Crippen LogP contribution in [0, 0.1) is 11.8 Å². The summed E-state index contributed by atoms with van der Waals surface area (Å²) in [4.78, 5) is 42.8. The number of allylic oxidation sites excluding steroid dienone is 2. The molecule has 1 aliphatic carbocycles. The number of nitrogens with one attached hydrogen (secondary N) is 1. The van der Waals surface area contributed by atoms with Gasteiger partial charge in [-0.2, -0.15) is 0 Å². The lowest BCUT2D eigenvalue weighted by Gasteiger charge is -2.14. The summed E-state index contributed by atoms with van der Waals surface area (Å²) in [5, 5.41) is 2.78. The van der Waals surface area contributed by atoms with Gasteiger partial charge < -0.3 is 5.32 Å². The Labute approximate surface area is 168 Å². The molecule has 2 aromatic rings. The van der Waals surface area contributed by atoms with E-state index in [0.717, 1.165) is 16.2 Å². The molecule has 0 saturated carbocycles. The lowest BCUT2D eigenvalue weighted by molar-refractivity contribution is -0.142. The molecule has 2 atom stereocenters. The van der Waals surface area contributed by atoms with Gasteiger partial charge in [0, 0.05) is 11.9 Å². The van der Waals surface area contributed by atoms with Crippen LogP contribution in [0.3, 0.4) is 0 Å². The van der Waals surface area contributed by atoms with Crippen molar-refractivity contribution >= 4 is 35.6 Å². The summed E-state index contributed by atoms with van der Waals surface area (Å²) < 4.78 is 0. The SMILES string of the molecule is O=C(CN1C(=O)C2CC=CCC2C1=O)Nc1cccc(/C=C/c2ccccn2)c1. The molecule has 0 radical (unpaired) electrons. The number of hydrogen-bond acceptors (Lipinski definition) is 4. The monoisotopic (exact) mass is 387 g/mol. The number of nitrogens with zero attached hydrogens (tertiary/aromatic N) is 2. The van der Waals surface area contributed by atoms with Gasteiger partial charge in [-0.25, -0.2) is 0 Å². The van der Waals surface area contributed by atoms with Crippen LogP contribution in [0.4, 0.5) is 5.69 Å². The molecule has 1 aromatic heterocycles. The van der Waals surface area contributed by atoms with Crippen LogP contribution in [0.5, 0.6) is 0 Å². The standard InChI is InChI=1S/C23H21N3O3/c27-21(15-26-22(28)19-9-1-2-10-20(19)23(26)29)25-18-8-5-6-16(14-18)11-12-17-7-3-4-13-24-17/h1-8,11-14,19-20H,9-10,15H2,(H,25,27)/b12-11+. The molecule has 6 heteroatoms. The molecule has 0 bridgehead atoms. The minimum absolute atomic E-state index is 0.244. The number of imide groups is 1. The first-order chi connectivity index (χ1) is 14.1. The van der Waals surface area contributed by atoms with Crippen LogP contribution >= 0.6 is 0 Å². The number of carbonyl (C=O) groups excluding carboxylic acids is 3. The molecule has 29 heavy (non-hydrogen) atoms. The third-order valence-corrected chi connectivity index (χ3v) is 5.21. The van der Waals surface area contributed by atoms with E-state index < -0.39 is 0 Å². The van der Waals surface area contributed by atoms with Crippen molar-refractivity contribution in [2.24, 2.45) is 11.8 Å². The van der Waals surface area contributed by atoms with Crippen LogP contribution in [0.25, 0.3) is 12.2 Å². The van der Waals surface area contributed by atoms with Crippen LogP contribution in [0.2, 0.25) is 0 Å². The van der Waals surface area contributed by atoms with Crippen LogP contribution < -0.4 is 5.32 Å². The normalized spacial score (nSPS) is 20.9. The summed E-state index contributed by atoms with van der Waals surface area (Å²) in [6.07, 6.45) is 10.5. The van der Waals surface area contributed by atoms with Gasteiger partial charge >= 0.3 is 0 Å². The molecule has 3 amide bonds. The van der Waals surface area contributed by atoms with Gasteiger partial charge in [0.15, 0.2) is 0 Å². The number of hydrogen-bond donors (Lipinski definition) is 1.